The Morgan fingerprint density at radius 3 is 2.41 bits per heavy atom. The fourth-order valence-electron chi connectivity index (χ4n) is 1.52. The van der Waals surface area contributed by atoms with E-state index < -0.39 is 11.6 Å². The molecule has 0 spiro atoms. The highest BCUT2D eigenvalue weighted by atomic mass is 16.6. The molecule has 1 aromatic carbocycles. The fourth-order valence-corrected chi connectivity index (χ4v) is 1.52. The number of azide groups is 2. The Kier molecular flexibility index (Phi) is 6.56. The van der Waals surface area contributed by atoms with Gasteiger partial charge in [-0.3, -0.25) is 0 Å². The number of nitrogens with zero attached hydrogens (tertiary/aromatic N) is 6. The van der Waals surface area contributed by atoms with Crippen molar-refractivity contribution >= 4 is 5.97 Å². The Balaban J connectivity index is 2.46. The number of ether oxygens (including phenoxy) is 2. The van der Waals surface area contributed by atoms with E-state index in [0.29, 0.717) is 5.75 Å². The van der Waals surface area contributed by atoms with Crippen molar-refractivity contribution < 1.29 is 14.3 Å². The second-order valence-corrected chi connectivity index (χ2v) is 4.94. The monoisotopic (exact) mass is 304 g/mol. The largest absolute Gasteiger partial charge is 0.482 e. The first kappa shape index (κ1) is 17.2. The van der Waals surface area contributed by atoms with E-state index in [1.54, 1.807) is 38.1 Å². The van der Waals surface area contributed by atoms with Crippen molar-refractivity contribution in [1.29, 1.82) is 0 Å². The van der Waals surface area contributed by atoms with Crippen LogP contribution in [-0.2, 0) is 16.1 Å². The minimum Gasteiger partial charge on any atom is -0.482 e. The quantitative estimate of drug-likeness (QED) is 0.315. The molecule has 0 fully saturated rings. The van der Waals surface area contributed by atoms with E-state index in [1.807, 2.05) is 0 Å². The zero-order chi connectivity index (χ0) is 16.4. The molecule has 0 saturated heterocycles. The predicted molar refractivity (Wildman–Crippen MR) is 79.0 cm³/mol. The second kappa shape index (κ2) is 8.41. The van der Waals surface area contributed by atoms with Gasteiger partial charge in [-0.1, -0.05) is 22.4 Å². The molecule has 0 unspecified atom stereocenters. The van der Waals surface area contributed by atoms with E-state index in [0.717, 1.165) is 5.56 Å². The van der Waals surface area contributed by atoms with Crippen molar-refractivity contribution in [2.75, 3.05) is 13.2 Å². The molecule has 0 aliphatic heterocycles. The highest BCUT2D eigenvalue weighted by Gasteiger charge is 2.22. The van der Waals surface area contributed by atoms with Crippen LogP contribution in [0.4, 0.5) is 0 Å². The lowest BCUT2D eigenvalue weighted by Gasteiger charge is -2.22. The molecule has 0 N–H and O–H groups in total. The van der Waals surface area contributed by atoms with Gasteiger partial charge in [0.1, 0.15) is 11.4 Å². The maximum atomic E-state index is 11.7. The van der Waals surface area contributed by atoms with Gasteiger partial charge >= 0.3 is 5.97 Å². The van der Waals surface area contributed by atoms with Gasteiger partial charge in [0, 0.05) is 9.82 Å². The Morgan fingerprint density at radius 1 is 1.18 bits per heavy atom. The van der Waals surface area contributed by atoms with Crippen molar-refractivity contribution in [2.24, 2.45) is 10.2 Å². The number of carbonyl (C=O) groups excluding carboxylic acids is 1. The maximum Gasteiger partial charge on any atom is 0.344 e. The summed E-state index contributed by atoms with van der Waals surface area (Å²) in [6.07, 6.45) is 0. The van der Waals surface area contributed by atoms with E-state index in [4.69, 9.17) is 20.5 Å². The highest BCUT2D eigenvalue weighted by molar-refractivity contribution is 5.71. The van der Waals surface area contributed by atoms with Crippen molar-refractivity contribution in [3.63, 3.8) is 0 Å². The first-order valence-corrected chi connectivity index (χ1v) is 6.42. The SMILES string of the molecule is CC(C)(CN=[N+]=[N-])OC(=O)COc1ccc(CN=[N+]=[N-])cc1. The molecule has 0 heterocycles. The summed E-state index contributed by atoms with van der Waals surface area (Å²) in [7, 11) is 0. The number of hydrogen-bond acceptors (Lipinski definition) is 5. The summed E-state index contributed by atoms with van der Waals surface area (Å²) < 4.78 is 10.5. The Hall–Kier alpha value is -2.89. The summed E-state index contributed by atoms with van der Waals surface area (Å²) in [6.45, 7) is 3.33. The van der Waals surface area contributed by atoms with Crippen LogP contribution in [0.25, 0.3) is 20.9 Å². The minimum absolute atomic E-state index is 0.0450. The van der Waals surface area contributed by atoms with Crippen LogP contribution in [-0.4, -0.2) is 24.7 Å². The molecule has 1 rings (SSSR count). The zero-order valence-corrected chi connectivity index (χ0v) is 12.3. The van der Waals surface area contributed by atoms with Crippen LogP contribution in [0.3, 0.4) is 0 Å². The average molecular weight is 304 g/mol. The Labute approximate surface area is 127 Å². The molecule has 0 aliphatic carbocycles. The van der Waals surface area contributed by atoms with E-state index in [-0.39, 0.29) is 19.7 Å². The standard InChI is InChI=1S/C13H16N6O3/c1-13(2,9-17-19-15)22-12(20)8-21-11-5-3-10(4-6-11)7-16-18-14/h3-6H,7-9H2,1-2H3. The van der Waals surface area contributed by atoms with Gasteiger partial charge in [0.2, 0.25) is 0 Å². The highest BCUT2D eigenvalue weighted by Crippen LogP contribution is 2.14. The average Bonchev–Trinajstić information content (AvgIpc) is 2.49. The van der Waals surface area contributed by atoms with Gasteiger partial charge in [0.25, 0.3) is 0 Å². The summed E-state index contributed by atoms with van der Waals surface area (Å²) >= 11 is 0. The molecule has 9 heteroatoms. The normalized spacial score (nSPS) is 10.1. The smallest absolute Gasteiger partial charge is 0.344 e. The summed E-state index contributed by atoms with van der Waals surface area (Å²) in [6, 6.07) is 6.81. The molecule has 0 amide bonds. The molecule has 0 bridgehead atoms. The van der Waals surface area contributed by atoms with Crippen LogP contribution in [0.2, 0.25) is 0 Å². The zero-order valence-electron chi connectivity index (χ0n) is 12.3. The Morgan fingerprint density at radius 2 is 1.82 bits per heavy atom. The van der Waals surface area contributed by atoms with Gasteiger partial charge in [0.15, 0.2) is 6.61 Å². The third kappa shape index (κ3) is 6.51. The third-order valence-corrected chi connectivity index (χ3v) is 2.50. The molecule has 0 aromatic heterocycles. The molecule has 0 saturated carbocycles. The van der Waals surface area contributed by atoms with Crippen LogP contribution in [0.5, 0.6) is 5.75 Å². The second-order valence-electron chi connectivity index (χ2n) is 4.94. The van der Waals surface area contributed by atoms with Gasteiger partial charge < -0.3 is 9.47 Å². The number of benzene rings is 1. The lowest BCUT2D eigenvalue weighted by Crippen LogP contribution is -2.33. The molecule has 0 aliphatic rings. The van der Waals surface area contributed by atoms with Crippen LogP contribution in [0, 0.1) is 0 Å². The molecule has 0 radical (unpaired) electrons. The lowest BCUT2D eigenvalue weighted by atomic mass is 10.1. The van der Waals surface area contributed by atoms with Crippen LogP contribution in [0.15, 0.2) is 34.5 Å². The number of hydrogen-bond donors (Lipinski definition) is 0. The van der Waals surface area contributed by atoms with Crippen molar-refractivity contribution in [2.45, 2.75) is 26.0 Å². The van der Waals surface area contributed by atoms with E-state index >= 15 is 0 Å². The minimum atomic E-state index is -0.883. The van der Waals surface area contributed by atoms with Crippen molar-refractivity contribution in [1.82, 2.24) is 0 Å². The van der Waals surface area contributed by atoms with Crippen LogP contribution >= 0.6 is 0 Å². The topological polar surface area (TPSA) is 133 Å². The van der Waals surface area contributed by atoms with Gasteiger partial charge in [-0.15, -0.1) is 0 Å². The molecule has 1 aromatic rings. The summed E-state index contributed by atoms with van der Waals surface area (Å²) in [5, 5.41) is 6.82. The van der Waals surface area contributed by atoms with Gasteiger partial charge in [-0.25, -0.2) is 4.79 Å². The van der Waals surface area contributed by atoms with Crippen LogP contribution < -0.4 is 4.74 Å². The van der Waals surface area contributed by atoms with Gasteiger partial charge in [0.05, 0.1) is 13.1 Å². The molecule has 22 heavy (non-hydrogen) atoms. The summed E-state index contributed by atoms with van der Waals surface area (Å²) in [4.78, 5) is 17.0. The molecule has 116 valence electrons. The van der Waals surface area contributed by atoms with E-state index in [9.17, 15) is 4.79 Å². The van der Waals surface area contributed by atoms with Crippen LogP contribution in [0.1, 0.15) is 19.4 Å². The number of carbonyl (C=O) groups is 1. The lowest BCUT2D eigenvalue weighted by molar-refractivity contribution is -0.157. The first-order valence-electron chi connectivity index (χ1n) is 6.42. The van der Waals surface area contributed by atoms with Gasteiger partial charge in [-0.2, -0.15) is 0 Å². The third-order valence-electron chi connectivity index (χ3n) is 2.50. The first-order chi connectivity index (χ1) is 10.5. The summed E-state index contributed by atoms with van der Waals surface area (Å²) in [5.41, 5.74) is 16.4. The van der Waals surface area contributed by atoms with E-state index in [1.165, 1.54) is 0 Å². The number of rotatable bonds is 8. The molecule has 9 nitrogen and oxygen atoms in total. The van der Waals surface area contributed by atoms with Gasteiger partial charge in [-0.05, 0) is 42.6 Å². The van der Waals surface area contributed by atoms with Crippen molar-refractivity contribution in [3.05, 3.63) is 50.7 Å². The van der Waals surface area contributed by atoms with E-state index in [2.05, 4.69) is 20.1 Å². The number of esters is 1. The molecule has 0 atom stereocenters. The molecular weight excluding hydrogens is 288 g/mol. The predicted octanol–water partition coefficient (Wildman–Crippen LogP) is 3.51. The molecular formula is C13H16N6O3. The van der Waals surface area contributed by atoms with Crippen molar-refractivity contribution in [3.8, 4) is 5.75 Å². The summed E-state index contributed by atoms with van der Waals surface area (Å²) in [5.74, 6) is -0.0641. The maximum absolute atomic E-state index is 11.7. The Bertz CT molecular complexity index is 601. The fraction of sp³-hybridized carbons (Fsp3) is 0.462.